The molecule has 1 heterocycles. The average molecular weight is 299 g/mol. The maximum Gasteiger partial charge on any atom is 0.247 e. The molecule has 0 aromatic heterocycles. The van der Waals surface area contributed by atoms with E-state index in [0.29, 0.717) is 6.42 Å². The predicted molar refractivity (Wildman–Crippen MR) is 82.4 cm³/mol. The van der Waals surface area contributed by atoms with Crippen LogP contribution < -0.4 is 10.5 Å². The Bertz CT molecular complexity index is 341. The molecule has 1 aliphatic carbocycles. The molecular weight excluding hydrogens is 274 g/mol. The lowest BCUT2D eigenvalue weighted by atomic mass is 10.2. The second kappa shape index (κ2) is 7.45. The average Bonchev–Trinajstić information content (AvgIpc) is 3.25. The Morgan fingerprint density at radius 3 is 2.80 bits per heavy atom. The van der Waals surface area contributed by atoms with Crippen molar-refractivity contribution in [1.29, 1.82) is 0 Å². The van der Waals surface area contributed by atoms with E-state index in [1.807, 2.05) is 0 Å². The molecule has 6 heteroatoms. The van der Waals surface area contributed by atoms with E-state index >= 15 is 0 Å². The fourth-order valence-electron chi connectivity index (χ4n) is 2.25. The Hall–Kier alpha value is -0.560. The summed E-state index contributed by atoms with van der Waals surface area (Å²) in [6.45, 7) is 8.42. The van der Waals surface area contributed by atoms with Gasteiger partial charge < -0.3 is 10.5 Å². The first-order chi connectivity index (χ1) is 9.65. The van der Waals surface area contributed by atoms with Crippen molar-refractivity contribution in [2.24, 2.45) is 5.73 Å². The van der Waals surface area contributed by atoms with Crippen molar-refractivity contribution in [3.05, 3.63) is 12.7 Å². The molecular formula is C14H25N3O2S. The van der Waals surface area contributed by atoms with Crippen LogP contribution in [0, 0.1) is 0 Å². The molecule has 1 aliphatic heterocycles. The molecule has 2 rings (SSSR count). The molecule has 1 saturated carbocycles. The maximum absolute atomic E-state index is 11.8. The SMILES string of the molecule is C=CCC(N)C(=O)NSC1(CCN2CCOCC2)CC1. The van der Waals surface area contributed by atoms with E-state index in [1.54, 1.807) is 18.0 Å². The minimum Gasteiger partial charge on any atom is -0.379 e. The summed E-state index contributed by atoms with van der Waals surface area (Å²) in [6.07, 6.45) is 5.68. The molecule has 2 fully saturated rings. The number of nitrogens with one attached hydrogen (secondary N) is 1. The van der Waals surface area contributed by atoms with Gasteiger partial charge in [0.15, 0.2) is 0 Å². The van der Waals surface area contributed by atoms with Crippen molar-refractivity contribution < 1.29 is 9.53 Å². The Labute approximate surface area is 125 Å². The zero-order valence-corrected chi connectivity index (χ0v) is 12.8. The zero-order valence-electron chi connectivity index (χ0n) is 12.0. The summed E-state index contributed by atoms with van der Waals surface area (Å²) >= 11 is 1.57. The van der Waals surface area contributed by atoms with Crippen LogP contribution >= 0.6 is 11.9 Å². The Morgan fingerprint density at radius 2 is 2.20 bits per heavy atom. The Morgan fingerprint density at radius 1 is 1.50 bits per heavy atom. The molecule has 0 spiro atoms. The minimum absolute atomic E-state index is 0.0902. The first-order valence-corrected chi connectivity index (χ1v) is 8.11. The lowest BCUT2D eigenvalue weighted by molar-refractivity contribution is -0.120. The van der Waals surface area contributed by atoms with Crippen LogP contribution in [0.1, 0.15) is 25.7 Å². The second-order valence-corrected chi connectivity index (χ2v) is 6.86. The van der Waals surface area contributed by atoms with E-state index in [-0.39, 0.29) is 10.7 Å². The lowest BCUT2D eigenvalue weighted by Gasteiger charge is -2.28. The third kappa shape index (κ3) is 4.77. The third-order valence-electron chi connectivity index (χ3n) is 3.92. The third-order valence-corrected chi connectivity index (χ3v) is 5.27. The maximum atomic E-state index is 11.8. The highest BCUT2D eigenvalue weighted by atomic mass is 32.2. The van der Waals surface area contributed by atoms with Gasteiger partial charge in [-0.1, -0.05) is 6.08 Å². The van der Waals surface area contributed by atoms with Crippen molar-refractivity contribution >= 4 is 17.9 Å². The molecule has 1 amide bonds. The molecule has 0 aromatic rings. The van der Waals surface area contributed by atoms with Gasteiger partial charge in [0.05, 0.1) is 19.3 Å². The number of ether oxygens (including phenoxy) is 1. The standard InChI is InChI=1S/C14H25N3O2S/c1-2-3-12(15)13(18)16-20-14(4-5-14)6-7-17-8-10-19-11-9-17/h2,12H,1,3-11,15H2,(H,16,18). The zero-order chi connectivity index (χ0) is 14.4. The fraction of sp³-hybridized carbons (Fsp3) is 0.786. The van der Waals surface area contributed by atoms with Crippen LogP contribution in [0.2, 0.25) is 0 Å². The Kier molecular flexibility index (Phi) is 5.89. The summed E-state index contributed by atoms with van der Waals surface area (Å²) < 4.78 is 8.51. The van der Waals surface area contributed by atoms with Crippen molar-refractivity contribution in [2.75, 3.05) is 32.8 Å². The topological polar surface area (TPSA) is 67.6 Å². The van der Waals surface area contributed by atoms with Crippen molar-refractivity contribution in [2.45, 2.75) is 36.5 Å². The molecule has 0 bridgehead atoms. The van der Waals surface area contributed by atoms with E-state index in [0.717, 1.165) is 39.3 Å². The largest absolute Gasteiger partial charge is 0.379 e. The molecule has 1 saturated heterocycles. The number of hydrogen-bond acceptors (Lipinski definition) is 5. The van der Waals surface area contributed by atoms with E-state index in [9.17, 15) is 4.79 Å². The number of amides is 1. The first kappa shape index (κ1) is 15.8. The van der Waals surface area contributed by atoms with Gasteiger partial charge in [0.1, 0.15) is 0 Å². The van der Waals surface area contributed by atoms with Crippen LogP contribution in [-0.4, -0.2) is 54.4 Å². The molecule has 2 aliphatic rings. The van der Waals surface area contributed by atoms with Crippen molar-refractivity contribution in [3.8, 4) is 0 Å². The second-order valence-electron chi connectivity index (χ2n) is 5.59. The summed E-state index contributed by atoms with van der Waals surface area (Å²) in [5.74, 6) is -0.0902. The predicted octanol–water partition coefficient (Wildman–Crippen LogP) is 0.909. The van der Waals surface area contributed by atoms with Crippen LogP contribution in [0.5, 0.6) is 0 Å². The van der Waals surface area contributed by atoms with Gasteiger partial charge >= 0.3 is 0 Å². The quantitative estimate of drug-likeness (QED) is 0.515. The smallest absolute Gasteiger partial charge is 0.247 e. The van der Waals surface area contributed by atoms with E-state index in [2.05, 4.69) is 16.2 Å². The summed E-state index contributed by atoms with van der Waals surface area (Å²) in [4.78, 5) is 14.2. The highest BCUT2D eigenvalue weighted by Gasteiger charge is 2.44. The van der Waals surface area contributed by atoms with E-state index < -0.39 is 6.04 Å². The van der Waals surface area contributed by atoms with E-state index in [1.165, 1.54) is 12.8 Å². The van der Waals surface area contributed by atoms with Crippen LogP contribution in [0.3, 0.4) is 0 Å². The molecule has 1 unspecified atom stereocenters. The molecule has 0 aromatic carbocycles. The van der Waals surface area contributed by atoms with Gasteiger partial charge in [-0.3, -0.25) is 14.4 Å². The van der Waals surface area contributed by atoms with Gasteiger partial charge in [0, 0.05) is 17.8 Å². The molecule has 1 atom stereocenters. The molecule has 0 radical (unpaired) electrons. The first-order valence-electron chi connectivity index (χ1n) is 7.30. The number of morpholine rings is 1. The summed E-state index contributed by atoms with van der Waals surface area (Å²) in [7, 11) is 0. The highest BCUT2D eigenvalue weighted by molar-refractivity contribution is 7.99. The summed E-state index contributed by atoms with van der Waals surface area (Å²) in [6, 6.07) is -0.477. The summed E-state index contributed by atoms with van der Waals surface area (Å²) in [5.41, 5.74) is 5.75. The monoisotopic (exact) mass is 299 g/mol. The normalized spacial score (nSPS) is 23.1. The van der Waals surface area contributed by atoms with Crippen molar-refractivity contribution in [3.63, 3.8) is 0 Å². The summed E-state index contributed by atoms with van der Waals surface area (Å²) in [5, 5.41) is 0. The lowest BCUT2D eigenvalue weighted by Crippen LogP contribution is -2.40. The van der Waals surface area contributed by atoms with E-state index in [4.69, 9.17) is 10.5 Å². The van der Waals surface area contributed by atoms with Gasteiger partial charge in [0.2, 0.25) is 5.91 Å². The number of carbonyl (C=O) groups excluding carboxylic acids is 1. The molecule has 3 N–H and O–H groups in total. The highest BCUT2D eigenvalue weighted by Crippen LogP contribution is 2.49. The minimum atomic E-state index is -0.477. The van der Waals surface area contributed by atoms with Crippen LogP contribution in [0.15, 0.2) is 12.7 Å². The van der Waals surface area contributed by atoms with Crippen LogP contribution in [0.4, 0.5) is 0 Å². The van der Waals surface area contributed by atoms with Gasteiger partial charge in [0.25, 0.3) is 0 Å². The molecule has 114 valence electrons. The van der Waals surface area contributed by atoms with Crippen LogP contribution in [0.25, 0.3) is 0 Å². The number of nitrogens with zero attached hydrogens (tertiary/aromatic N) is 1. The molecule has 5 nitrogen and oxygen atoms in total. The number of rotatable bonds is 8. The van der Waals surface area contributed by atoms with Crippen LogP contribution in [-0.2, 0) is 9.53 Å². The van der Waals surface area contributed by atoms with Crippen molar-refractivity contribution in [1.82, 2.24) is 9.62 Å². The van der Waals surface area contributed by atoms with Gasteiger partial charge in [-0.25, -0.2) is 0 Å². The van der Waals surface area contributed by atoms with Gasteiger partial charge in [-0.15, -0.1) is 6.58 Å². The fourth-order valence-corrected chi connectivity index (χ4v) is 3.22. The molecule has 20 heavy (non-hydrogen) atoms. The number of carbonyl (C=O) groups is 1. The Balaban J connectivity index is 1.66. The van der Waals surface area contributed by atoms with Gasteiger partial charge in [-0.05, 0) is 44.2 Å². The number of hydrogen-bond donors (Lipinski definition) is 2. The number of nitrogens with two attached hydrogens (primary N) is 1. The van der Waals surface area contributed by atoms with Gasteiger partial charge in [-0.2, -0.15) is 0 Å².